The molecule has 1 aromatic heterocycles. The van der Waals surface area contributed by atoms with Crippen LogP contribution < -0.4 is 5.32 Å². The average Bonchev–Trinajstić information content (AvgIpc) is 2.50. The SMILES string of the molecule is O=C[C@@H](NC(=O)c1cccnc1)[C@H](O)[C@@H](O)[C@@H](O)CO. The van der Waals surface area contributed by atoms with Gasteiger partial charge < -0.3 is 30.5 Å². The van der Waals surface area contributed by atoms with Gasteiger partial charge in [0, 0.05) is 12.4 Å². The standard InChI is InChI=1S/C12H16N2O6/c15-5-8(10(18)11(19)9(17)6-16)14-12(20)7-2-1-3-13-4-7/h1-5,8-11,16-19H,6H2,(H,14,20)/t8-,9+,10+,11+/m1/s1. The molecule has 0 saturated heterocycles. The Morgan fingerprint density at radius 1 is 1.35 bits per heavy atom. The van der Waals surface area contributed by atoms with E-state index in [1.165, 1.54) is 24.5 Å². The number of hydrogen-bond acceptors (Lipinski definition) is 7. The summed E-state index contributed by atoms with van der Waals surface area (Å²) in [6.07, 6.45) is -2.19. The highest BCUT2D eigenvalue weighted by Gasteiger charge is 2.32. The van der Waals surface area contributed by atoms with Crippen molar-refractivity contribution >= 4 is 12.2 Å². The van der Waals surface area contributed by atoms with Gasteiger partial charge in [-0.1, -0.05) is 0 Å². The molecular formula is C12H16N2O6. The van der Waals surface area contributed by atoms with Crippen LogP contribution in [0.15, 0.2) is 24.5 Å². The van der Waals surface area contributed by atoms with Gasteiger partial charge in [-0.2, -0.15) is 0 Å². The summed E-state index contributed by atoms with van der Waals surface area (Å²) >= 11 is 0. The van der Waals surface area contributed by atoms with Gasteiger partial charge in [0.2, 0.25) is 0 Å². The number of rotatable bonds is 7. The van der Waals surface area contributed by atoms with Crippen molar-refractivity contribution in [3.05, 3.63) is 30.1 Å². The Labute approximate surface area is 114 Å². The molecule has 0 aliphatic heterocycles. The minimum Gasteiger partial charge on any atom is -0.394 e. The first kappa shape index (κ1) is 16.2. The van der Waals surface area contributed by atoms with Crippen molar-refractivity contribution in [1.82, 2.24) is 10.3 Å². The first-order valence-electron chi connectivity index (χ1n) is 5.82. The Hall–Kier alpha value is -1.87. The zero-order chi connectivity index (χ0) is 15.1. The van der Waals surface area contributed by atoms with Gasteiger partial charge in [0.05, 0.1) is 12.2 Å². The lowest BCUT2D eigenvalue weighted by molar-refractivity contribution is -0.119. The zero-order valence-corrected chi connectivity index (χ0v) is 10.5. The van der Waals surface area contributed by atoms with Crippen LogP contribution in [0.5, 0.6) is 0 Å². The maximum Gasteiger partial charge on any atom is 0.253 e. The van der Waals surface area contributed by atoms with Gasteiger partial charge in [-0.15, -0.1) is 0 Å². The molecule has 0 aromatic carbocycles. The number of nitrogens with one attached hydrogen (secondary N) is 1. The van der Waals surface area contributed by atoms with E-state index in [0.29, 0.717) is 0 Å². The molecular weight excluding hydrogens is 268 g/mol. The number of aliphatic hydroxyl groups is 4. The number of aromatic nitrogens is 1. The number of nitrogens with zero attached hydrogens (tertiary/aromatic N) is 1. The Bertz CT molecular complexity index is 441. The van der Waals surface area contributed by atoms with Crippen molar-refractivity contribution in [2.45, 2.75) is 24.4 Å². The van der Waals surface area contributed by atoms with Gasteiger partial charge in [0.1, 0.15) is 30.6 Å². The number of carbonyl (C=O) groups excluding carboxylic acids is 2. The van der Waals surface area contributed by atoms with Crippen molar-refractivity contribution < 1.29 is 30.0 Å². The fourth-order valence-corrected chi connectivity index (χ4v) is 1.48. The number of pyridine rings is 1. The highest BCUT2D eigenvalue weighted by Crippen LogP contribution is 2.05. The second kappa shape index (κ2) is 7.65. The van der Waals surface area contributed by atoms with E-state index >= 15 is 0 Å². The molecule has 8 heteroatoms. The molecule has 0 saturated carbocycles. The summed E-state index contributed by atoms with van der Waals surface area (Å²) in [6.45, 7) is -0.791. The lowest BCUT2D eigenvalue weighted by Crippen LogP contribution is -2.53. The number of amides is 1. The van der Waals surface area contributed by atoms with Crippen LogP contribution in [-0.2, 0) is 4.79 Å². The Morgan fingerprint density at radius 2 is 2.05 bits per heavy atom. The number of aliphatic hydroxyl groups excluding tert-OH is 4. The number of aldehydes is 1. The van der Waals surface area contributed by atoms with E-state index in [0.717, 1.165) is 0 Å². The molecule has 0 aliphatic carbocycles. The van der Waals surface area contributed by atoms with Crippen molar-refractivity contribution in [2.75, 3.05) is 6.61 Å². The molecule has 1 heterocycles. The molecule has 0 aliphatic rings. The van der Waals surface area contributed by atoms with Crippen molar-refractivity contribution in [3.63, 3.8) is 0 Å². The summed E-state index contributed by atoms with van der Waals surface area (Å²) in [5.74, 6) is -0.667. The van der Waals surface area contributed by atoms with Crippen LogP contribution in [0.3, 0.4) is 0 Å². The van der Waals surface area contributed by atoms with Crippen LogP contribution in [0.25, 0.3) is 0 Å². The minimum absolute atomic E-state index is 0.170. The molecule has 1 aromatic rings. The van der Waals surface area contributed by atoms with Crippen LogP contribution in [0, 0.1) is 0 Å². The Balaban J connectivity index is 2.72. The lowest BCUT2D eigenvalue weighted by Gasteiger charge is -2.26. The van der Waals surface area contributed by atoms with E-state index in [9.17, 15) is 24.9 Å². The summed E-state index contributed by atoms with van der Waals surface area (Å²) in [4.78, 5) is 26.4. The Morgan fingerprint density at radius 3 is 2.55 bits per heavy atom. The van der Waals surface area contributed by atoms with Crippen molar-refractivity contribution in [1.29, 1.82) is 0 Å². The van der Waals surface area contributed by atoms with Gasteiger partial charge in [0.25, 0.3) is 5.91 Å². The van der Waals surface area contributed by atoms with Crippen LogP contribution in [0.2, 0.25) is 0 Å². The highest BCUT2D eigenvalue weighted by molar-refractivity contribution is 5.95. The van der Waals surface area contributed by atoms with Crippen LogP contribution >= 0.6 is 0 Å². The Kier molecular flexibility index (Phi) is 6.19. The molecule has 8 nitrogen and oxygen atoms in total. The van der Waals surface area contributed by atoms with Crippen molar-refractivity contribution in [2.24, 2.45) is 0 Å². The van der Waals surface area contributed by atoms with Gasteiger partial charge >= 0.3 is 0 Å². The summed E-state index contributed by atoms with van der Waals surface area (Å²) in [5.41, 5.74) is 0.170. The monoisotopic (exact) mass is 284 g/mol. The molecule has 5 N–H and O–H groups in total. The summed E-state index contributed by atoms with van der Waals surface area (Å²) < 4.78 is 0. The van der Waals surface area contributed by atoms with Gasteiger partial charge in [-0.25, -0.2) is 0 Å². The molecule has 20 heavy (non-hydrogen) atoms. The number of hydrogen-bond donors (Lipinski definition) is 5. The van der Waals surface area contributed by atoms with E-state index in [1.807, 2.05) is 0 Å². The quantitative estimate of drug-likeness (QED) is 0.347. The first-order chi connectivity index (χ1) is 9.51. The number of carbonyl (C=O) groups is 2. The van der Waals surface area contributed by atoms with Crippen molar-refractivity contribution in [3.8, 4) is 0 Å². The molecule has 110 valence electrons. The van der Waals surface area contributed by atoms with Gasteiger partial charge in [0.15, 0.2) is 0 Å². The second-order valence-electron chi connectivity index (χ2n) is 4.11. The predicted octanol–water partition coefficient (Wildman–Crippen LogP) is -2.55. The normalized spacial score (nSPS) is 16.8. The fraction of sp³-hybridized carbons (Fsp3) is 0.417. The maximum atomic E-state index is 11.8. The van der Waals surface area contributed by atoms with E-state index in [2.05, 4.69) is 10.3 Å². The highest BCUT2D eigenvalue weighted by atomic mass is 16.4. The smallest absolute Gasteiger partial charge is 0.253 e. The molecule has 0 unspecified atom stereocenters. The zero-order valence-electron chi connectivity index (χ0n) is 10.5. The first-order valence-corrected chi connectivity index (χ1v) is 5.82. The summed E-state index contributed by atoms with van der Waals surface area (Å²) in [7, 11) is 0. The maximum absolute atomic E-state index is 11.8. The third-order valence-electron chi connectivity index (χ3n) is 2.67. The third kappa shape index (κ3) is 4.07. The van der Waals surface area contributed by atoms with Crippen LogP contribution in [0.4, 0.5) is 0 Å². The summed E-state index contributed by atoms with van der Waals surface area (Å²) in [5, 5.41) is 39.2. The van der Waals surface area contributed by atoms with Crippen LogP contribution in [-0.4, -0.2) is 68.6 Å². The average molecular weight is 284 g/mol. The molecule has 0 radical (unpaired) electrons. The fourth-order valence-electron chi connectivity index (χ4n) is 1.48. The lowest BCUT2D eigenvalue weighted by atomic mass is 10.0. The van der Waals surface area contributed by atoms with Gasteiger partial charge in [-0.3, -0.25) is 9.78 Å². The molecule has 4 atom stereocenters. The predicted molar refractivity (Wildman–Crippen MR) is 66.7 cm³/mol. The molecule has 1 rings (SSSR count). The molecule has 0 spiro atoms. The summed E-state index contributed by atoms with van der Waals surface area (Å²) in [6, 6.07) is 1.54. The van der Waals surface area contributed by atoms with E-state index < -0.39 is 36.9 Å². The molecule has 0 fully saturated rings. The third-order valence-corrected chi connectivity index (χ3v) is 2.67. The van der Waals surface area contributed by atoms with E-state index in [1.54, 1.807) is 0 Å². The van der Waals surface area contributed by atoms with Crippen LogP contribution in [0.1, 0.15) is 10.4 Å². The largest absolute Gasteiger partial charge is 0.394 e. The van der Waals surface area contributed by atoms with E-state index in [4.69, 9.17) is 5.11 Å². The molecule has 0 bridgehead atoms. The second-order valence-corrected chi connectivity index (χ2v) is 4.11. The minimum atomic E-state index is -1.77. The molecule has 1 amide bonds. The van der Waals surface area contributed by atoms with Gasteiger partial charge in [-0.05, 0) is 12.1 Å². The van der Waals surface area contributed by atoms with E-state index in [-0.39, 0.29) is 11.8 Å². The topological polar surface area (TPSA) is 140 Å².